The Labute approximate surface area is 838 Å². The van der Waals surface area contributed by atoms with Gasteiger partial charge in [-0.05, 0) is 225 Å². The number of fused-ring (bicyclic) bond motifs is 20. The van der Waals surface area contributed by atoms with Crippen molar-refractivity contribution in [3.8, 4) is 115 Å². The Kier molecular flexibility index (Phi) is 20.3. The minimum atomic E-state index is 0.0632. The maximum atomic E-state index is 6.53. The van der Waals surface area contributed by atoms with E-state index in [4.69, 9.17) is 42.6 Å². The molecule has 31 rings (SSSR count). The first-order valence-electron chi connectivity index (χ1n) is 48.5. The Balaban J connectivity index is 0.0000000935. The highest BCUT2D eigenvalue weighted by atomic mass is 32.2. The van der Waals surface area contributed by atoms with Crippen molar-refractivity contribution in [3.05, 3.63) is 485 Å². The van der Waals surface area contributed by atoms with Crippen LogP contribution in [0.2, 0.25) is 0 Å². The molecular formula is C126H80B4N4O9S. The molecule has 13 nitrogen and oxygen atoms in total. The van der Waals surface area contributed by atoms with E-state index in [1.54, 1.807) is 0 Å². The highest BCUT2D eigenvalue weighted by molar-refractivity contribution is 7.99. The Morgan fingerprint density at radius 2 is 0.368 bits per heavy atom. The fourth-order valence-corrected chi connectivity index (χ4v) is 23.1. The third-order valence-electron chi connectivity index (χ3n) is 28.3. The van der Waals surface area contributed by atoms with E-state index < -0.39 is 0 Å². The quantitative estimate of drug-likeness (QED) is 0.128. The van der Waals surface area contributed by atoms with Crippen LogP contribution in [0.5, 0.6) is 103 Å². The second-order valence-electron chi connectivity index (χ2n) is 36.6. The summed E-state index contributed by atoms with van der Waals surface area (Å²) in [5, 5.41) is 0. The van der Waals surface area contributed by atoms with Crippen molar-refractivity contribution in [2.45, 2.75) is 9.79 Å². The molecule has 21 aromatic rings. The van der Waals surface area contributed by atoms with Crippen LogP contribution in [0.1, 0.15) is 0 Å². The summed E-state index contributed by atoms with van der Waals surface area (Å²) in [4.78, 5) is 11.5. The number of anilines is 12. The van der Waals surface area contributed by atoms with Gasteiger partial charge in [0, 0.05) is 96.5 Å². The summed E-state index contributed by atoms with van der Waals surface area (Å²) in [5.74, 6) is 15.5. The summed E-state index contributed by atoms with van der Waals surface area (Å²) in [6.07, 6.45) is 0. The molecule has 10 heterocycles. The molecule has 10 aliphatic heterocycles. The van der Waals surface area contributed by atoms with Crippen LogP contribution in [0.15, 0.2) is 495 Å². The number of nitrogens with zero attached hydrogens (tertiary/aromatic N) is 4. The van der Waals surface area contributed by atoms with Gasteiger partial charge in [-0.3, -0.25) is 0 Å². The van der Waals surface area contributed by atoms with Crippen LogP contribution in [0.25, 0.3) is 11.1 Å². The largest absolute Gasteiger partial charge is 0.458 e. The van der Waals surface area contributed by atoms with Gasteiger partial charge in [-0.1, -0.05) is 291 Å². The van der Waals surface area contributed by atoms with Gasteiger partial charge >= 0.3 is 0 Å². The van der Waals surface area contributed by atoms with Crippen molar-refractivity contribution in [2.75, 3.05) is 19.6 Å². The van der Waals surface area contributed by atoms with Crippen molar-refractivity contribution in [3.63, 3.8) is 0 Å². The van der Waals surface area contributed by atoms with Gasteiger partial charge in [0.1, 0.15) is 92.0 Å². The summed E-state index contributed by atoms with van der Waals surface area (Å²) in [5.41, 5.74) is 28.6. The number of hydrogen-bond donors (Lipinski definition) is 0. The minimum Gasteiger partial charge on any atom is -0.458 e. The number of benzene rings is 21. The molecule has 21 aromatic carbocycles. The third-order valence-corrected chi connectivity index (χ3v) is 29.4. The normalized spacial score (nSPS) is 13.1. The fraction of sp³-hybridized carbons (Fsp3) is 0. The number of hydrogen-bond acceptors (Lipinski definition) is 14. The smallest absolute Gasteiger partial charge is 0.260 e. The lowest BCUT2D eigenvalue weighted by Crippen LogP contribution is -2.57. The lowest BCUT2D eigenvalue weighted by Gasteiger charge is -2.36. The SMILES string of the molecule is c1ccc(N(c2ccccc2)c2cc3c4c(c2)Oc2ccccc2B4c2ccccc2O3)cc1.c1ccc(N(c2ccccc2)c2ccc(-c3cc4c5c(c3)Oc3ccccc3B5c3ccccc3O4)cc2)cc1.c1ccc2c(c1)Oc1cc(N3c4ccccc4Oc4ccccc43)cc3c1B2c1ccccc1O3.c1ccc2c(c1)Oc1cc(N3c4ccccc4Sc4ccccc43)cc3c1B2c1ccccc1O3. The molecule has 0 N–H and O–H groups in total. The standard InChI is InChI=1S/C36H24BNO2.C30H18BNO3.C30H18BNO2S.C30H20BNO2/c1-3-11-27(12-4-1)38(28-13-5-2-6-14-28)29-21-19-25(20-22-29)26-23-34-36-35(24-26)40-33-18-10-8-16-31(33)37(36)30-15-7-9-17-32(30)39-34;1-5-13-24-20(9-1)31-21-10-2-6-14-25(21)34-29-18-19(17-28(33-24)30(29)31)32-22-11-3-7-15-26(22)35-27-16-8-4-12-23(27)32;1-5-13-24-20(9-1)31-21-10-2-6-14-25(21)34-27-18-19(17-26(33-24)30(27)31)32-22-11-3-7-15-28(22)35-29-16-8-4-12-23(29)32;1-3-11-21(12-4-1)32(22-13-5-2-6-14-22)23-19-28-30-29(20-23)34-27-18-10-8-16-25(27)31(30)24-15-7-9-17-26(24)33-28/h1-24H;2*1-18H;1-20H. The van der Waals surface area contributed by atoms with Crippen molar-refractivity contribution in [1.82, 2.24) is 0 Å². The van der Waals surface area contributed by atoms with Crippen LogP contribution in [0.3, 0.4) is 0 Å². The van der Waals surface area contributed by atoms with Crippen molar-refractivity contribution >= 4 is 172 Å². The predicted octanol–water partition coefficient (Wildman–Crippen LogP) is 25.8. The molecule has 0 aliphatic carbocycles. The summed E-state index contributed by atoms with van der Waals surface area (Å²) in [6, 6.07) is 167. The minimum absolute atomic E-state index is 0.0632. The molecular weight excluding hydrogens is 1790 g/mol. The van der Waals surface area contributed by atoms with Gasteiger partial charge in [-0.15, -0.1) is 0 Å². The van der Waals surface area contributed by atoms with Gasteiger partial charge in [-0.2, -0.15) is 0 Å². The first-order chi connectivity index (χ1) is 71.4. The number of rotatable bonds is 9. The lowest BCUT2D eigenvalue weighted by atomic mass is 9.35. The average molecular weight is 1870 g/mol. The van der Waals surface area contributed by atoms with E-state index in [-0.39, 0.29) is 26.9 Å². The molecule has 0 fully saturated rings. The first-order valence-corrected chi connectivity index (χ1v) is 49.3. The zero-order valence-corrected chi connectivity index (χ0v) is 78.2. The molecule has 0 saturated carbocycles. The molecule has 0 radical (unpaired) electrons. The highest BCUT2D eigenvalue weighted by Gasteiger charge is 2.47. The third kappa shape index (κ3) is 14.4. The highest BCUT2D eigenvalue weighted by Crippen LogP contribution is 2.56. The van der Waals surface area contributed by atoms with E-state index >= 15 is 0 Å². The van der Waals surface area contributed by atoms with Gasteiger partial charge in [0.15, 0.2) is 11.5 Å². The molecule has 18 heteroatoms. The summed E-state index contributed by atoms with van der Waals surface area (Å²) >= 11 is 1.81. The summed E-state index contributed by atoms with van der Waals surface area (Å²) < 4.78 is 58.3. The topological polar surface area (TPSA) is 96.0 Å². The second-order valence-corrected chi connectivity index (χ2v) is 37.7. The van der Waals surface area contributed by atoms with Crippen LogP contribution in [-0.2, 0) is 0 Å². The van der Waals surface area contributed by atoms with E-state index in [9.17, 15) is 0 Å². The Morgan fingerprint density at radius 1 is 0.160 bits per heavy atom. The van der Waals surface area contributed by atoms with Gasteiger partial charge < -0.3 is 62.2 Å². The predicted molar refractivity (Wildman–Crippen MR) is 585 cm³/mol. The maximum absolute atomic E-state index is 6.53. The van der Waals surface area contributed by atoms with Crippen LogP contribution in [0, 0.1) is 0 Å². The monoisotopic (exact) mass is 1870 g/mol. The molecule has 0 saturated heterocycles. The van der Waals surface area contributed by atoms with Gasteiger partial charge in [-0.25, -0.2) is 0 Å². The van der Waals surface area contributed by atoms with E-state index in [1.807, 2.05) is 133 Å². The van der Waals surface area contributed by atoms with Crippen molar-refractivity contribution in [1.29, 1.82) is 0 Å². The van der Waals surface area contributed by atoms with E-state index in [0.29, 0.717) is 0 Å². The molecule has 0 unspecified atom stereocenters. The van der Waals surface area contributed by atoms with Crippen LogP contribution < -0.4 is 128 Å². The maximum Gasteiger partial charge on any atom is 0.260 e. The van der Waals surface area contributed by atoms with Crippen LogP contribution in [0.4, 0.5) is 68.2 Å². The zero-order valence-electron chi connectivity index (χ0n) is 77.4. The van der Waals surface area contributed by atoms with E-state index in [1.165, 1.54) is 42.6 Å². The molecule has 0 spiro atoms. The molecule has 144 heavy (non-hydrogen) atoms. The molecule has 10 aliphatic rings. The Morgan fingerprint density at radius 3 is 0.660 bits per heavy atom. The fourth-order valence-electron chi connectivity index (χ4n) is 22.1. The van der Waals surface area contributed by atoms with E-state index in [2.05, 4.69) is 384 Å². The zero-order chi connectivity index (χ0) is 94.8. The molecule has 676 valence electrons. The van der Waals surface area contributed by atoms with Crippen LogP contribution in [-0.4, -0.2) is 26.9 Å². The summed E-state index contributed by atoms with van der Waals surface area (Å²) in [6.45, 7) is 0.311. The van der Waals surface area contributed by atoms with E-state index in [0.717, 1.165) is 216 Å². The van der Waals surface area contributed by atoms with Crippen molar-refractivity contribution in [2.24, 2.45) is 0 Å². The molecule has 0 bridgehead atoms. The van der Waals surface area contributed by atoms with Gasteiger partial charge in [0.05, 0.1) is 39.8 Å². The van der Waals surface area contributed by atoms with Gasteiger partial charge in [0.25, 0.3) is 26.9 Å². The average Bonchev–Trinajstić information content (AvgIpc) is 0.712. The Bertz CT molecular complexity index is 8010. The second kappa shape index (κ2) is 34.9. The van der Waals surface area contributed by atoms with Crippen molar-refractivity contribution < 1.29 is 42.6 Å². The number of ether oxygens (including phenoxy) is 9. The van der Waals surface area contributed by atoms with Gasteiger partial charge in [0.2, 0.25) is 0 Å². The molecule has 0 amide bonds. The number of para-hydroxylation sites is 18. The molecule has 0 aromatic heterocycles. The lowest BCUT2D eigenvalue weighted by molar-refractivity contribution is 0.463. The van der Waals surface area contributed by atoms with Crippen LogP contribution >= 0.6 is 11.8 Å². The Hall–Kier alpha value is -18.4. The summed E-state index contributed by atoms with van der Waals surface area (Å²) in [7, 11) is 0. The molecule has 0 atom stereocenters. The first kappa shape index (κ1) is 83.8.